The zero-order valence-electron chi connectivity index (χ0n) is 15.3. The Morgan fingerprint density at radius 3 is 2.79 bits per heavy atom. The van der Waals surface area contributed by atoms with Crippen LogP contribution in [-0.4, -0.2) is 14.9 Å². The second kappa shape index (κ2) is 8.00. The Hall–Kier alpha value is -2.89. The molecule has 0 fully saturated rings. The molecule has 0 aliphatic rings. The van der Waals surface area contributed by atoms with E-state index in [0.29, 0.717) is 16.7 Å². The van der Waals surface area contributed by atoms with Crippen molar-refractivity contribution in [2.75, 3.05) is 10.6 Å². The lowest BCUT2D eigenvalue weighted by atomic mass is 10.0. The van der Waals surface area contributed by atoms with Crippen molar-refractivity contribution in [3.8, 4) is 0 Å². The van der Waals surface area contributed by atoms with Crippen LogP contribution in [0, 0.1) is 6.92 Å². The number of nitrogens with zero attached hydrogens (tertiary/aromatic N) is 2. The average molecular weight is 407 g/mol. The molecule has 0 atom stereocenters. The van der Waals surface area contributed by atoms with E-state index in [2.05, 4.69) is 58.2 Å². The van der Waals surface area contributed by atoms with E-state index in [0.717, 1.165) is 16.9 Å². The third-order valence-electron chi connectivity index (χ3n) is 4.55. The van der Waals surface area contributed by atoms with Crippen molar-refractivity contribution in [1.29, 1.82) is 0 Å². The fourth-order valence-corrected chi connectivity index (χ4v) is 3.53. The molecule has 4 aromatic rings. The molecule has 0 aliphatic heterocycles. The minimum absolute atomic E-state index is 0.495. The minimum Gasteiger partial charge on any atom is -0.332 e. The maximum Gasteiger partial charge on any atom is 0.175 e. The van der Waals surface area contributed by atoms with Crippen molar-refractivity contribution in [3.05, 3.63) is 89.2 Å². The number of hydrogen-bond acceptors (Lipinski definition) is 2. The lowest BCUT2D eigenvalue weighted by Crippen LogP contribution is -2.19. The molecule has 0 saturated heterocycles. The average Bonchev–Trinajstić information content (AvgIpc) is 3.12. The number of thiocarbonyl (C=S) groups is 1. The molecule has 6 heteroatoms. The van der Waals surface area contributed by atoms with E-state index in [1.54, 1.807) is 6.20 Å². The maximum atomic E-state index is 6.07. The molecule has 4 rings (SSSR count). The molecule has 0 unspecified atom stereocenters. The first-order chi connectivity index (χ1) is 13.6. The number of anilines is 2. The van der Waals surface area contributed by atoms with Crippen molar-refractivity contribution in [2.45, 2.75) is 13.5 Å². The number of aromatic nitrogens is 2. The van der Waals surface area contributed by atoms with Crippen LogP contribution in [0.15, 0.2) is 73.1 Å². The van der Waals surface area contributed by atoms with Crippen molar-refractivity contribution >= 4 is 51.1 Å². The van der Waals surface area contributed by atoms with Gasteiger partial charge in [-0.25, -0.2) is 0 Å². The predicted molar refractivity (Wildman–Crippen MR) is 121 cm³/mol. The lowest BCUT2D eigenvalue weighted by Gasteiger charge is -2.11. The van der Waals surface area contributed by atoms with Crippen LogP contribution < -0.4 is 10.6 Å². The second-order valence-electron chi connectivity index (χ2n) is 6.60. The molecular formula is C22H19ClN4S. The summed E-state index contributed by atoms with van der Waals surface area (Å²) in [5.41, 5.74) is 4.01. The van der Waals surface area contributed by atoms with Crippen molar-refractivity contribution in [3.63, 3.8) is 0 Å². The van der Waals surface area contributed by atoms with Gasteiger partial charge in [-0.1, -0.05) is 60.1 Å². The summed E-state index contributed by atoms with van der Waals surface area (Å²) in [6.45, 7) is 2.69. The Morgan fingerprint density at radius 2 is 1.89 bits per heavy atom. The number of aryl methyl sites for hydroxylation is 1. The first-order valence-electron chi connectivity index (χ1n) is 8.92. The molecule has 0 amide bonds. The van der Waals surface area contributed by atoms with Crippen LogP contribution in [0.25, 0.3) is 10.8 Å². The van der Waals surface area contributed by atoms with Crippen LogP contribution >= 0.6 is 23.8 Å². The van der Waals surface area contributed by atoms with Crippen molar-refractivity contribution in [1.82, 2.24) is 9.78 Å². The summed E-state index contributed by atoms with van der Waals surface area (Å²) >= 11 is 11.5. The first kappa shape index (κ1) is 18.5. The van der Waals surface area contributed by atoms with E-state index in [1.165, 1.54) is 16.3 Å². The molecule has 0 spiro atoms. The Kier molecular flexibility index (Phi) is 5.28. The molecule has 2 N–H and O–H groups in total. The number of benzene rings is 3. The SMILES string of the molecule is Cc1ccc(Cl)cc1NC(=S)Nc1cnn(Cc2cccc3ccccc23)c1. The zero-order valence-corrected chi connectivity index (χ0v) is 16.9. The van der Waals surface area contributed by atoms with Crippen LogP contribution in [0.4, 0.5) is 11.4 Å². The Morgan fingerprint density at radius 1 is 1.07 bits per heavy atom. The third-order valence-corrected chi connectivity index (χ3v) is 4.99. The van der Waals surface area contributed by atoms with E-state index >= 15 is 0 Å². The zero-order chi connectivity index (χ0) is 19.5. The molecular weight excluding hydrogens is 388 g/mol. The highest BCUT2D eigenvalue weighted by atomic mass is 35.5. The summed E-state index contributed by atoms with van der Waals surface area (Å²) in [5, 5.41) is 14.4. The summed E-state index contributed by atoms with van der Waals surface area (Å²) in [6, 6.07) is 20.4. The molecule has 1 heterocycles. The highest BCUT2D eigenvalue weighted by molar-refractivity contribution is 7.80. The first-order valence-corrected chi connectivity index (χ1v) is 9.70. The van der Waals surface area contributed by atoms with Gasteiger partial charge in [-0.2, -0.15) is 5.10 Å². The fraction of sp³-hybridized carbons (Fsp3) is 0.0909. The van der Waals surface area contributed by atoms with Gasteiger partial charge < -0.3 is 10.6 Å². The van der Waals surface area contributed by atoms with E-state index in [-0.39, 0.29) is 0 Å². The Bertz CT molecular complexity index is 1150. The quantitative estimate of drug-likeness (QED) is 0.417. The number of fused-ring (bicyclic) bond motifs is 1. The van der Waals surface area contributed by atoms with E-state index in [4.69, 9.17) is 23.8 Å². The van der Waals surface area contributed by atoms with E-state index in [9.17, 15) is 0 Å². The topological polar surface area (TPSA) is 41.9 Å². The Labute approximate surface area is 174 Å². The van der Waals surface area contributed by atoms with Crippen LogP contribution in [-0.2, 0) is 6.54 Å². The summed E-state index contributed by atoms with van der Waals surface area (Å²) in [7, 11) is 0. The molecule has 4 nitrogen and oxygen atoms in total. The van der Waals surface area contributed by atoms with Gasteiger partial charge in [-0.05, 0) is 53.2 Å². The summed E-state index contributed by atoms with van der Waals surface area (Å²) < 4.78 is 1.90. The van der Waals surface area contributed by atoms with Gasteiger partial charge in [0.1, 0.15) is 0 Å². The predicted octanol–water partition coefficient (Wildman–Crippen LogP) is 5.86. The van der Waals surface area contributed by atoms with Gasteiger partial charge in [0.05, 0.1) is 18.4 Å². The monoisotopic (exact) mass is 406 g/mol. The number of nitrogens with one attached hydrogen (secondary N) is 2. The molecule has 0 aliphatic carbocycles. The molecule has 0 radical (unpaired) electrons. The van der Waals surface area contributed by atoms with Gasteiger partial charge in [-0.15, -0.1) is 0 Å². The van der Waals surface area contributed by atoms with Gasteiger partial charge in [0.15, 0.2) is 5.11 Å². The van der Waals surface area contributed by atoms with Crippen LogP contribution in [0.5, 0.6) is 0 Å². The lowest BCUT2D eigenvalue weighted by molar-refractivity contribution is 0.690. The normalized spacial score (nSPS) is 10.8. The second-order valence-corrected chi connectivity index (χ2v) is 7.45. The van der Waals surface area contributed by atoms with Gasteiger partial charge >= 0.3 is 0 Å². The standard InChI is InChI=1S/C22H19ClN4S/c1-15-9-10-18(23)11-21(15)26-22(28)25-19-12-24-27(14-19)13-17-7-4-6-16-5-2-3-8-20(16)17/h2-12,14H,13H2,1H3,(H2,25,26,28). The number of halogens is 1. The van der Waals surface area contributed by atoms with Crippen LogP contribution in [0.1, 0.15) is 11.1 Å². The van der Waals surface area contributed by atoms with Gasteiger partial charge in [0.2, 0.25) is 0 Å². The van der Waals surface area contributed by atoms with Crippen molar-refractivity contribution < 1.29 is 0 Å². The minimum atomic E-state index is 0.495. The smallest absolute Gasteiger partial charge is 0.175 e. The molecule has 0 saturated carbocycles. The Balaban J connectivity index is 1.45. The van der Waals surface area contributed by atoms with Gasteiger partial charge in [0, 0.05) is 16.9 Å². The molecule has 3 aromatic carbocycles. The van der Waals surface area contributed by atoms with Gasteiger partial charge in [-0.3, -0.25) is 4.68 Å². The largest absolute Gasteiger partial charge is 0.332 e. The van der Waals surface area contributed by atoms with E-state index in [1.807, 2.05) is 36.0 Å². The van der Waals surface area contributed by atoms with Crippen molar-refractivity contribution in [2.24, 2.45) is 0 Å². The molecule has 1 aromatic heterocycles. The number of hydrogen-bond donors (Lipinski definition) is 2. The molecule has 140 valence electrons. The summed E-state index contributed by atoms with van der Waals surface area (Å²) in [4.78, 5) is 0. The molecule has 0 bridgehead atoms. The maximum absolute atomic E-state index is 6.07. The third kappa shape index (κ3) is 4.16. The summed E-state index contributed by atoms with van der Waals surface area (Å²) in [6.07, 6.45) is 3.71. The fourth-order valence-electron chi connectivity index (χ4n) is 3.13. The summed E-state index contributed by atoms with van der Waals surface area (Å²) in [5.74, 6) is 0. The van der Waals surface area contributed by atoms with Crippen LogP contribution in [0.3, 0.4) is 0 Å². The van der Waals surface area contributed by atoms with Crippen LogP contribution in [0.2, 0.25) is 5.02 Å². The van der Waals surface area contributed by atoms with Gasteiger partial charge in [0.25, 0.3) is 0 Å². The van der Waals surface area contributed by atoms with E-state index < -0.39 is 0 Å². The molecule has 28 heavy (non-hydrogen) atoms. The highest BCUT2D eigenvalue weighted by Crippen LogP contribution is 2.21. The highest BCUT2D eigenvalue weighted by Gasteiger charge is 2.06. The number of rotatable bonds is 4.